The van der Waals surface area contributed by atoms with Gasteiger partial charge in [0.1, 0.15) is 6.10 Å². The SMILES string of the molecule is CC(OC(=O)Nc1cc(Cl)sc1-c1ccccc1-c1ccc(C2(C(=O)O)CC2)cc1)c1ccccc1. The number of carbonyl (C=O) groups excluding carboxylic acids is 1. The lowest BCUT2D eigenvalue weighted by Crippen LogP contribution is -2.19. The molecule has 1 aliphatic rings. The van der Waals surface area contributed by atoms with Crippen LogP contribution in [-0.2, 0) is 14.9 Å². The van der Waals surface area contributed by atoms with Gasteiger partial charge in [-0.3, -0.25) is 10.1 Å². The van der Waals surface area contributed by atoms with Gasteiger partial charge in [-0.25, -0.2) is 4.79 Å². The van der Waals surface area contributed by atoms with Crippen molar-refractivity contribution in [3.05, 3.63) is 100 Å². The highest BCUT2D eigenvalue weighted by Gasteiger charge is 2.51. The maximum atomic E-state index is 12.7. The molecule has 1 unspecified atom stereocenters. The van der Waals surface area contributed by atoms with E-state index in [-0.39, 0.29) is 0 Å². The fourth-order valence-electron chi connectivity index (χ4n) is 4.40. The monoisotopic (exact) mass is 517 g/mol. The Bertz CT molecular complexity index is 1410. The van der Waals surface area contributed by atoms with Gasteiger partial charge in [0.15, 0.2) is 0 Å². The molecule has 36 heavy (non-hydrogen) atoms. The lowest BCUT2D eigenvalue weighted by atomic mass is 9.92. The zero-order valence-corrected chi connectivity index (χ0v) is 21.1. The molecule has 0 radical (unpaired) electrons. The molecule has 182 valence electrons. The van der Waals surface area contributed by atoms with Crippen LogP contribution in [0.1, 0.15) is 37.0 Å². The van der Waals surface area contributed by atoms with Crippen LogP contribution < -0.4 is 5.32 Å². The number of carbonyl (C=O) groups is 2. The number of benzene rings is 3. The number of ether oxygens (including phenoxy) is 1. The van der Waals surface area contributed by atoms with Crippen LogP contribution >= 0.6 is 22.9 Å². The average Bonchev–Trinajstić information content (AvgIpc) is 3.63. The average molecular weight is 518 g/mol. The first kappa shape index (κ1) is 24.1. The van der Waals surface area contributed by atoms with E-state index in [4.69, 9.17) is 16.3 Å². The van der Waals surface area contributed by atoms with Gasteiger partial charge in [-0.2, -0.15) is 0 Å². The predicted molar refractivity (Wildman–Crippen MR) is 144 cm³/mol. The van der Waals surface area contributed by atoms with Crippen molar-refractivity contribution in [2.75, 3.05) is 5.32 Å². The zero-order valence-electron chi connectivity index (χ0n) is 19.5. The first-order valence-corrected chi connectivity index (χ1v) is 12.8. The Hall–Kier alpha value is -3.61. The van der Waals surface area contributed by atoms with Crippen molar-refractivity contribution in [1.29, 1.82) is 0 Å². The second-order valence-electron chi connectivity index (χ2n) is 8.89. The van der Waals surface area contributed by atoms with E-state index in [1.165, 1.54) is 11.3 Å². The summed E-state index contributed by atoms with van der Waals surface area (Å²) in [6.07, 6.45) is 0.363. The summed E-state index contributed by atoms with van der Waals surface area (Å²) in [7, 11) is 0. The van der Waals surface area contributed by atoms with E-state index >= 15 is 0 Å². The largest absolute Gasteiger partial charge is 0.481 e. The highest BCUT2D eigenvalue weighted by molar-refractivity contribution is 7.20. The van der Waals surface area contributed by atoms with Crippen molar-refractivity contribution in [1.82, 2.24) is 0 Å². The van der Waals surface area contributed by atoms with Crippen molar-refractivity contribution in [3.8, 4) is 21.6 Å². The van der Waals surface area contributed by atoms with Crippen molar-refractivity contribution in [2.45, 2.75) is 31.3 Å². The second-order valence-corrected chi connectivity index (χ2v) is 10.6. The third kappa shape index (κ3) is 4.74. The van der Waals surface area contributed by atoms with Gasteiger partial charge in [0, 0.05) is 5.56 Å². The van der Waals surface area contributed by atoms with E-state index in [0.717, 1.165) is 32.7 Å². The Morgan fingerprint density at radius 3 is 2.25 bits per heavy atom. The smallest absolute Gasteiger partial charge is 0.412 e. The molecule has 0 aliphatic heterocycles. The minimum atomic E-state index is -0.770. The first-order chi connectivity index (χ1) is 17.4. The van der Waals surface area contributed by atoms with Crippen molar-refractivity contribution < 1.29 is 19.4 Å². The van der Waals surface area contributed by atoms with Gasteiger partial charge in [0.2, 0.25) is 0 Å². The minimum absolute atomic E-state index is 0.407. The molecule has 4 aromatic rings. The third-order valence-corrected chi connectivity index (χ3v) is 7.87. The molecule has 2 N–H and O–H groups in total. The molecule has 0 bridgehead atoms. The van der Waals surface area contributed by atoms with Gasteiger partial charge in [0.05, 0.1) is 20.3 Å². The van der Waals surface area contributed by atoms with Crippen LogP contribution in [0.15, 0.2) is 84.9 Å². The van der Waals surface area contributed by atoms with E-state index < -0.39 is 23.6 Å². The maximum Gasteiger partial charge on any atom is 0.412 e. The van der Waals surface area contributed by atoms with Gasteiger partial charge >= 0.3 is 12.1 Å². The van der Waals surface area contributed by atoms with Gasteiger partial charge < -0.3 is 9.84 Å². The number of carboxylic acids is 1. The normalized spacial score (nSPS) is 14.6. The molecule has 5 rings (SSSR count). The molecule has 1 aliphatic carbocycles. The molecular weight excluding hydrogens is 494 g/mol. The molecule has 1 aromatic heterocycles. The van der Waals surface area contributed by atoms with E-state index in [1.807, 2.05) is 85.8 Å². The third-order valence-electron chi connectivity index (χ3n) is 6.57. The molecule has 0 saturated heterocycles. The molecule has 1 heterocycles. The number of amides is 1. The number of anilines is 1. The Labute approximate surface area is 218 Å². The summed E-state index contributed by atoms with van der Waals surface area (Å²) in [6.45, 7) is 1.82. The minimum Gasteiger partial charge on any atom is -0.481 e. The number of hydrogen-bond donors (Lipinski definition) is 2. The van der Waals surface area contributed by atoms with Crippen LogP contribution in [0.2, 0.25) is 4.34 Å². The quantitative estimate of drug-likeness (QED) is 0.259. The Morgan fingerprint density at radius 2 is 1.61 bits per heavy atom. The van der Waals surface area contributed by atoms with Crippen molar-refractivity contribution in [2.24, 2.45) is 0 Å². The topological polar surface area (TPSA) is 75.6 Å². The fraction of sp³-hybridized carbons (Fsp3) is 0.172. The molecular formula is C29H24ClNO4S. The molecule has 5 nitrogen and oxygen atoms in total. The van der Waals surface area contributed by atoms with E-state index in [1.54, 1.807) is 6.07 Å². The Balaban J connectivity index is 1.41. The number of thiophene rings is 1. The summed E-state index contributed by atoms with van der Waals surface area (Å²) < 4.78 is 6.13. The van der Waals surface area contributed by atoms with Crippen LogP contribution in [-0.4, -0.2) is 17.2 Å². The van der Waals surface area contributed by atoms with Crippen LogP contribution in [0.25, 0.3) is 21.6 Å². The number of hydrogen-bond acceptors (Lipinski definition) is 4. The molecule has 0 spiro atoms. The molecule has 1 fully saturated rings. The number of nitrogens with one attached hydrogen (secondary N) is 1. The number of rotatable bonds is 7. The molecule has 1 saturated carbocycles. The van der Waals surface area contributed by atoms with Crippen LogP contribution in [0, 0.1) is 0 Å². The predicted octanol–water partition coefficient (Wildman–Crippen LogP) is 8.16. The molecule has 7 heteroatoms. The van der Waals surface area contributed by atoms with Crippen LogP contribution in [0.4, 0.5) is 10.5 Å². The van der Waals surface area contributed by atoms with E-state index in [9.17, 15) is 14.7 Å². The first-order valence-electron chi connectivity index (χ1n) is 11.6. The lowest BCUT2D eigenvalue weighted by Gasteiger charge is -2.15. The molecule has 1 atom stereocenters. The highest BCUT2D eigenvalue weighted by Crippen LogP contribution is 2.49. The number of halogens is 1. The summed E-state index contributed by atoms with van der Waals surface area (Å²) >= 11 is 7.75. The van der Waals surface area contributed by atoms with Crippen LogP contribution in [0.5, 0.6) is 0 Å². The van der Waals surface area contributed by atoms with Crippen molar-refractivity contribution in [3.63, 3.8) is 0 Å². The number of carboxylic acid groups (broad SMARTS) is 1. The number of aliphatic carboxylic acids is 1. The summed E-state index contributed by atoms with van der Waals surface area (Å²) in [4.78, 5) is 25.2. The summed E-state index contributed by atoms with van der Waals surface area (Å²) in [5, 5.41) is 12.5. The highest BCUT2D eigenvalue weighted by atomic mass is 35.5. The lowest BCUT2D eigenvalue weighted by molar-refractivity contribution is -0.140. The summed E-state index contributed by atoms with van der Waals surface area (Å²) in [5.41, 5.74) is 4.38. The van der Waals surface area contributed by atoms with Gasteiger partial charge in [-0.1, -0.05) is 90.5 Å². The van der Waals surface area contributed by atoms with Crippen molar-refractivity contribution >= 4 is 40.7 Å². The second kappa shape index (κ2) is 9.80. The van der Waals surface area contributed by atoms with E-state index in [2.05, 4.69) is 5.32 Å². The zero-order chi connectivity index (χ0) is 25.3. The summed E-state index contributed by atoms with van der Waals surface area (Å²) in [5.74, 6) is -0.770. The Morgan fingerprint density at radius 1 is 0.972 bits per heavy atom. The van der Waals surface area contributed by atoms with Gasteiger partial charge in [-0.15, -0.1) is 11.3 Å². The van der Waals surface area contributed by atoms with Gasteiger partial charge in [-0.05, 0) is 48.1 Å². The standard InChI is InChI=1S/C29H24ClNO4S/c1-18(19-7-3-2-4-8-19)35-28(34)31-24-17-25(30)36-26(24)23-10-6-5-9-22(23)20-11-13-21(14-12-20)29(15-16-29)27(32)33/h2-14,17-18H,15-16H2,1H3,(H,31,34)(H,32,33). The molecule has 3 aromatic carbocycles. The maximum absolute atomic E-state index is 12.7. The van der Waals surface area contributed by atoms with Gasteiger partial charge in [0.25, 0.3) is 0 Å². The van der Waals surface area contributed by atoms with E-state index in [0.29, 0.717) is 22.9 Å². The Kier molecular flexibility index (Phi) is 6.56. The van der Waals surface area contributed by atoms with Crippen LogP contribution in [0.3, 0.4) is 0 Å². The summed E-state index contributed by atoms with van der Waals surface area (Å²) in [6, 6.07) is 26.8. The fourth-order valence-corrected chi connectivity index (χ4v) is 5.62. The molecule has 1 amide bonds.